The Morgan fingerprint density at radius 2 is 1.89 bits per heavy atom. The van der Waals surface area contributed by atoms with Crippen LogP contribution in [0.25, 0.3) is 0 Å². The number of hydrogen-bond acceptors (Lipinski definition) is 5. The van der Waals surface area contributed by atoms with Crippen molar-refractivity contribution in [2.45, 2.75) is 18.9 Å². The average molecular weight is 366 g/mol. The number of ether oxygens (including phenoxy) is 1. The molecule has 1 saturated carbocycles. The topological polar surface area (TPSA) is 83.6 Å². The molecule has 7 nitrogen and oxygen atoms in total. The second kappa shape index (κ2) is 7.75. The van der Waals surface area contributed by atoms with Crippen molar-refractivity contribution in [3.05, 3.63) is 53.9 Å². The van der Waals surface area contributed by atoms with Crippen LogP contribution in [0.15, 0.2) is 42.6 Å². The molecule has 2 aliphatic rings. The molecule has 140 valence electrons. The van der Waals surface area contributed by atoms with E-state index >= 15 is 0 Å². The van der Waals surface area contributed by atoms with Gasteiger partial charge in [0, 0.05) is 42.3 Å². The van der Waals surface area contributed by atoms with Gasteiger partial charge in [0.25, 0.3) is 11.8 Å². The summed E-state index contributed by atoms with van der Waals surface area (Å²) in [4.78, 5) is 31.1. The maximum Gasteiger partial charge on any atom is 0.274 e. The summed E-state index contributed by atoms with van der Waals surface area (Å²) >= 11 is 0. The fourth-order valence-corrected chi connectivity index (χ4v) is 2.99. The van der Waals surface area contributed by atoms with Gasteiger partial charge in [-0.1, -0.05) is 6.07 Å². The fourth-order valence-electron chi connectivity index (χ4n) is 2.99. The third-order valence-electron chi connectivity index (χ3n) is 4.65. The number of carbonyl (C=O) groups excluding carboxylic acids is 2. The summed E-state index contributed by atoms with van der Waals surface area (Å²) in [5.74, 6) is -0.411. The van der Waals surface area contributed by atoms with E-state index in [1.807, 2.05) is 6.07 Å². The number of carbonyl (C=O) groups is 2. The van der Waals surface area contributed by atoms with Crippen molar-refractivity contribution in [2.24, 2.45) is 0 Å². The number of hydrogen-bond donors (Lipinski definition) is 2. The SMILES string of the molecule is O=C(NC1CC1)c1cccc(NC(=O)c2cc(N3CCOCC3)ccn2)c1. The molecule has 2 aromatic rings. The van der Waals surface area contributed by atoms with Crippen LogP contribution in [-0.4, -0.2) is 49.1 Å². The van der Waals surface area contributed by atoms with Crippen LogP contribution in [0.3, 0.4) is 0 Å². The summed E-state index contributed by atoms with van der Waals surface area (Å²) < 4.78 is 5.37. The Morgan fingerprint density at radius 3 is 2.67 bits per heavy atom. The molecule has 0 bridgehead atoms. The van der Waals surface area contributed by atoms with E-state index in [1.165, 1.54) is 0 Å². The van der Waals surface area contributed by atoms with Crippen molar-refractivity contribution in [1.82, 2.24) is 10.3 Å². The zero-order chi connectivity index (χ0) is 18.6. The van der Waals surface area contributed by atoms with Crippen molar-refractivity contribution in [2.75, 3.05) is 36.5 Å². The predicted octanol–water partition coefficient (Wildman–Crippen LogP) is 2.06. The molecule has 1 aliphatic carbocycles. The Labute approximate surface area is 157 Å². The number of morpholine rings is 1. The van der Waals surface area contributed by atoms with E-state index < -0.39 is 0 Å². The van der Waals surface area contributed by atoms with Crippen LogP contribution in [0.5, 0.6) is 0 Å². The van der Waals surface area contributed by atoms with Gasteiger partial charge in [0.1, 0.15) is 5.69 Å². The highest BCUT2D eigenvalue weighted by Gasteiger charge is 2.24. The maximum absolute atomic E-state index is 12.6. The Balaban J connectivity index is 1.45. The van der Waals surface area contributed by atoms with E-state index in [0.29, 0.717) is 36.2 Å². The fraction of sp³-hybridized carbons (Fsp3) is 0.350. The molecule has 2 amide bonds. The first kappa shape index (κ1) is 17.5. The minimum Gasteiger partial charge on any atom is -0.378 e. The normalized spacial score (nSPS) is 16.7. The minimum atomic E-state index is -0.301. The van der Waals surface area contributed by atoms with Crippen molar-refractivity contribution < 1.29 is 14.3 Å². The molecule has 27 heavy (non-hydrogen) atoms. The first-order chi connectivity index (χ1) is 13.2. The second-order valence-electron chi connectivity index (χ2n) is 6.78. The Morgan fingerprint density at radius 1 is 1.07 bits per heavy atom. The number of anilines is 2. The lowest BCUT2D eigenvalue weighted by molar-refractivity contribution is 0.0949. The third kappa shape index (κ3) is 4.43. The molecule has 7 heteroatoms. The molecule has 0 radical (unpaired) electrons. The zero-order valence-corrected chi connectivity index (χ0v) is 15.0. The van der Waals surface area contributed by atoms with Crippen LogP contribution in [-0.2, 0) is 4.74 Å². The maximum atomic E-state index is 12.6. The first-order valence-electron chi connectivity index (χ1n) is 9.20. The third-order valence-corrected chi connectivity index (χ3v) is 4.65. The molecule has 2 fully saturated rings. The molecular formula is C20H22N4O3. The molecule has 1 saturated heterocycles. The van der Waals surface area contributed by atoms with Crippen LogP contribution in [0.2, 0.25) is 0 Å². The quantitative estimate of drug-likeness (QED) is 0.846. The molecule has 2 heterocycles. The van der Waals surface area contributed by atoms with Gasteiger partial charge >= 0.3 is 0 Å². The van der Waals surface area contributed by atoms with Crippen LogP contribution in [0, 0.1) is 0 Å². The van der Waals surface area contributed by atoms with Gasteiger partial charge in [-0.15, -0.1) is 0 Å². The van der Waals surface area contributed by atoms with Gasteiger partial charge in [0.2, 0.25) is 0 Å². The van der Waals surface area contributed by atoms with Gasteiger partial charge in [-0.2, -0.15) is 0 Å². The summed E-state index contributed by atoms with van der Waals surface area (Å²) in [5, 5.41) is 5.77. The van der Waals surface area contributed by atoms with Crippen molar-refractivity contribution in [1.29, 1.82) is 0 Å². The van der Waals surface area contributed by atoms with Gasteiger partial charge in [0.05, 0.1) is 13.2 Å². The molecule has 1 aromatic heterocycles. The molecule has 0 unspecified atom stereocenters. The Hall–Kier alpha value is -2.93. The van der Waals surface area contributed by atoms with Crippen LogP contribution in [0.4, 0.5) is 11.4 Å². The van der Waals surface area contributed by atoms with E-state index in [1.54, 1.807) is 36.5 Å². The van der Waals surface area contributed by atoms with E-state index in [-0.39, 0.29) is 11.8 Å². The Kier molecular flexibility index (Phi) is 5.02. The zero-order valence-electron chi connectivity index (χ0n) is 15.0. The number of aromatic nitrogens is 1. The summed E-state index contributed by atoms with van der Waals surface area (Å²) in [6.45, 7) is 2.95. The molecule has 4 rings (SSSR count). The molecule has 2 N–H and O–H groups in total. The highest BCUT2D eigenvalue weighted by molar-refractivity contribution is 6.04. The lowest BCUT2D eigenvalue weighted by Gasteiger charge is -2.28. The predicted molar refractivity (Wildman–Crippen MR) is 102 cm³/mol. The Bertz CT molecular complexity index is 845. The highest BCUT2D eigenvalue weighted by atomic mass is 16.5. The molecule has 0 spiro atoms. The number of nitrogens with zero attached hydrogens (tertiary/aromatic N) is 2. The molecular weight excluding hydrogens is 344 g/mol. The lowest BCUT2D eigenvalue weighted by atomic mass is 10.2. The highest BCUT2D eigenvalue weighted by Crippen LogP contribution is 2.20. The largest absolute Gasteiger partial charge is 0.378 e. The monoisotopic (exact) mass is 366 g/mol. The minimum absolute atomic E-state index is 0.110. The number of rotatable bonds is 5. The van der Waals surface area contributed by atoms with Crippen molar-refractivity contribution in [3.63, 3.8) is 0 Å². The van der Waals surface area contributed by atoms with Crippen LogP contribution >= 0.6 is 0 Å². The summed E-state index contributed by atoms with van der Waals surface area (Å²) in [5.41, 5.74) is 2.40. The van der Waals surface area contributed by atoms with Gasteiger partial charge in [-0.3, -0.25) is 14.6 Å². The van der Waals surface area contributed by atoms with Gasteiger partial charge in [0.15, 0.2) is 0 Å². The van der Waals surface area contributed by atoms with Gasteiger partial charge in [-0.25, -0.2) is 0 Å². The standard InChI is InChI=1S/C20H22N4O3/c25-19(22-15-4-5-15)14-2-1-3-16(12-14)23-20(26)18-13-17(6-7-21-18)24-8-10-27-11-9-24/h1-3,6-7,12-13,15H,4-5,8-11H2,(H,22,25)(H,23,26). The average Bonchev–Trinajstić information content (AvgIpc) is 3.53. The number of amides is 2. The van der Waals surface area contributed by atoms with E-state index in [9.17, 15) is 9.59 Å². The van der Waals surface area contributed by atoms with Gasteiger partial charge < -0.3 is 20.3 Å². The van der Waals surface area contributed by atoms with E-state index in [4.69, 9.17) is 4.74 Å². The summed E-state index contributed by atoms with van der Waals surface area (Å²) in [7, 11) is 0. The van der Waals surface area contributed by atoms with Crippen molar-refractivity contribution >= 4 is 23.2 Å². The molecule has 1 aromatic carbocycles. The molecule has 1 aliphatic heterocycles. The van der Waals surface area contributed by atoms with E-state index in [0.717, 1.165) is 31.6 Å². The lowest BCUT2D eigenvalue weighted by Crippen LogP contribution is -2.36. The summed E-state index contributed by atoms with van der Waals surface area (Å²) in [6, 6.07) is 10.9. The van der Waals surface area contributed by atoms with Gasteiger partial charge in [-0.05, 0) is 43.2 Å². The number of benzene rings is 1. The first-order valence-corrected chi connectivity index (χ1v) is 9.20. The van der Waals surface area contributed by atoms with Crippen molar-refractivity contribution in [3.8, 4) is 0 Å². The second-order valence-corrected chi connectivity index (χ2v) is 6.78. The van der Waals surface area contributed by atoms with E-state index in [2.05, 4.69) is 20.5 Å². The van der Waals surface area contributed by atoms with Crippen LogP contribution in [0.1, 0.15) is 33.7 Å². The number of pyridine rings is 1. The summed E-state index contributed by atoms with van der Waals surface area (Å²) in [6.07, 6.45) is 3.71. The molecule has 0 atom stereocenters. The smallest absolute Gasteiger partial charge is 0.274 e. The van der Waals surface area contributed by atoms with Crippen LogP contribution < -0.4 is 15.5 Å². The number of nitrogens with one attached hydrogen (secondary N) is 2.